The number of fused-ring (bicyclic) bond motifs is 2. The molecule has 2 fully saturated rings. The zero-order chi connectivity index (χ0) is 20.0. The molecule has 1 spiro atoms. The Morgan fingerprint density at radius 3 is 2.67 bits per heavy atom. The van der Waals surface area contributed by atoms with E-state index in [0.717, 1.165) is 68.5 Å². The zero-order valence-corrected chi connectivity index (χ0v) is 17.3. The molecule has 6 heteroatoms. The minimum Gasteiger partial charge on any atom is -0.381 e. The van der Waals surface area contributed by atoms with Crippen molar-refractivity contribution in [2.45, 2.75) is 32.1 Å². The summed E-state index contributed by atoms with van der Waals surface area (Å²) in [4.78, 5) is 19.1. The first kappa shape index (κ1) is 18.1. The van der Waals surface area contributed by atoms with E-state index in [1.807, 2.05) is 6.20 Å². The second-order valence-electron chi connectivity index (χ2n) is 8.91. The molecule has 0 unspecified atom stereocenters. The Kier molecular flexibility index (Phi) is 4.34. The van der Waals surface area contributed by atoms with Crippen molar-refractivity contribution in [2.75, 3.05) is 42.6 Å². The van der Waals surface area contributed by atoms with Gasteiger partial charge < -0.3 is 14.5 Å². The van der Waals surface area contributed by atoms with Gasteiger partial charge in [-0.15, -0.1) is 0 Å². The molecule has 0 bridgehead atoms. The van der Waals surface area contributed by atoms with Crippen LogP contribution in [0.15, 0.2) is 42.6 Å². The number of anilines is 3. The fraction of sp³-hybridized carbons (Fsp3) is 0.458. The molecule has 2 saturated heterocycles. The normalized spacial score (nSPS) is 20.7. The third kappa shape index (κ3) is 3.10. The van der Waals surface area contributed by atoms with Crippen LogP contribution < -0.4 is 9.80 Å². The Morgan fingerprint density at radius 2 is 1.80 bits per heavy atom. The smallest absolute Gasteiger partial charge is 0.180 e. The molecular weight excluding hydrogens is 374 g/mol. The Morgan fingerprint density at radius 1 is 0.900 bits per heavy atom. The maximum Gasteiger partial charge on any atom is 0.180 e. The molecule has 0 aliphatic carbocycles. The monoisotopic (exact) mass is 401 g/mol. The molecule has 0 amide bonds. The summed E-state index contributed by atoms with van der Waals surface area (Å²) in [6.07, 6.45) is 7.73. The van der Waals surface area contributed by atoms with E-state index in [9.17, 15) is 0 Å². The van der Waals surface area contributed by atoms with Crippen LogP contribution >= 0.6 is 0 Å². The highest BCUT2D eigenvalue weighted by Crippen LogP contribution is 2.40. The fourth-order valence-electron chi connectivity index (χ4n) is 5.21. The summed E-state index contributed by atoms with van der Waals surface area (Å²) in [6.45, 7) is 4.89. The van der Waals surface area contributed by atoms with Crippen molar-refractivity contribution in [1.29, 1.82) is 0 Å². The summed E-state index contributed by atoms with van der Waals surface area (Å²) in [5.74, 6) is 1.92. The quantitative estimate of drug-likeness (QED) is 0.644. The first-order valence-corrected chi connectivity index (χ1v) is 11.1. The van der Waals surface area contributed by atoms with Crippen LogP contribution in [0.1, 0.15) is 31.2 Å². The lowest BCUT2D eigenvalue weighted by molar-refractivity contribution is 0.133. The van der Waals surface area contributed by atoms with E-state index in [4.69, 9.17) is 19.7 Å². The fourth-order valence-corrected chi connectivity index (χ4v) is 5.21. The molecule has 5 heterocycles. The number of aromatic nitrogens is 3. The van der Waals surface area contributed by atoms with E-state index in [-0.39, 0.29) is 0 Å². The number of hydrogen-bond acceptors (Lipinski definition) is 6. The second-order valence-corrected chi connectivity index (χ2v) is 8.91. The van der Waals surface area contributed by atoms with Crippen LogP contribution in [0.25, 0.3) is 11.2 Å². The van der Waals surface area contributed by atoms with Crippen molar-refractivity contribution >= 4 is 28.5 Å². The summed E-state index contributed by atoms with van der Waals surface area (Å²) in [7, 11) is 0. The van der Waals surface area contributed by atoms with Crippen molar-refractivity contribution in [3.8, 4) is 0 Å². The van der Waals surface area contributed by atoms with Gasteiger partial charge in [0.05, 0.1) is 12.8 Å². The first-order valence-electron chi connectivity index (χ1n) is 11.1. The molecular formula is C24H27N5O. The summed E-state index contributed by atoms with van der Waals surface area (Å²) in [5.41, 5.74) is 4.64. The molecule has 154 valence electrons. The Balaban J connectivity index is 1.25. The van der Waals surface area contributed by atoms with E-state index < -0.39 is 0 Å². The van der Waals surface area contributed by atoms with Crippen molar-refractivity contribution < 1.29 is 4.74 Å². The Hall–Kier alpha value is -2.73. The van der Waals surface area contributed by atoms with E-state index in [1.54, 1.807) is 0 Å². The molecule has 6 rings (SSSR count). The van der Waals surface area contributed by atoms with Crippen LogP contribution in [-0.4, -0.2) is 47.8 Å². The Labute approximate surface area is 176 Å². The van der Waals surface area contributed by atoms with Crippen LogP contribution in [-0.2, 0) is 11.2 Å². The van der Waals surface area contributed by atoms with Gasteiger partial charge in [0.1, 0.15) is 17.2 Å². The van der Waals surface area contributed by atoms with Crippen LogP contribution in [0.5, 0.6) is 0 Å². The molecule has 1 aromatic carbocycles. The largest absolute Gasteiger partial charge is 0.381 e. The first-order chi connectivity index (χ1) is 14.8. The van der Waals surface area contributed by atoms with E-state index in [2.05, 4.69) is 46.2 Å². The van der Waals surface area contributed by atoms with Crippen LogP contribution in [0.3, 0.4) is 0 Å². The standard InChI is InChI=1S/C24H27N5O/c1-2-6-20-18(4-1)5-3-12-29(20)21-8-7-19-23(27-21)25-16-22(26-19)28-13-9-24(10-14-28)11-15-30-17-24/h1-2,4,6-8,16H,3,5,9-15,17H2. The van der Waals surface area contributed by atoms with Gasteiger partial charge in [0.15, 0.2) is 5.65 Å². The molecule has 3 aromatic rings. The minimum absolute atomic E-state index is 0.405. The maximum absolute atomic E-state index is 5.66. The zero-order valence-electron chi connectivity index (χ0n) is 17.3. The average Bonchev–Trinajstić information content (AvgIpc) is 3.26. The lowest BCUT2D eigenvalue weighted by Crippen LogP contribution is -2.40. The van der Waals surface area contributed by atoms with Crippen LogP contribution in [0.4, 0.5) is 17.3 Å². The van der Waals surface area contributed by atoms with E-state index in [1.165, 1.54) is 30.5 Å². The third-order valence-corrected chi connectivity index (χ3v) is 7.10. The number of nitrogens with zero attached hydrogens (tertiary/aromatic N) is 5. The third-order valence-electron chi connectivity index (χ3n) is 7.10. The van der Waals surface area contributed by atoms with Gasteiger partial charge in [-0.2, -0.15) is 0 Å². The van der Waals surface area contributed by atoms with Gasteiger partial charge in [0, 0.05) is 31.9 Å². The topological polar surface area (TPSA) is 54.4 Å². The molecule has 0 radical (unpaired) electrons. The number of benzene rings is 1. The lowest BCUT2D eigenvalue weighted by atomic mass is 9.78. The van der Waals surface area contributed by atoms with Gasteiger partial charge in [0.25, 0.3) is 0 Å². The number of rotatable bonds is 2. The van der Waals surface area contributed by atoms with Gasteiger partial charge in [-0.25, -0.2) is 15.0 Å². The number of hydrogen-bond donors (Lipinski definition) is 0. The SMILES string of the molecule is c1ccc2c(c1)CCCN2c1ccc2nc(N3CCC4(CCOC4)CC3)cnc2n1. The number of pyridine rings is 1. The highest BCUT2D eigenvalue weighted by molar-refractivity contribution is 5.76. The summed E-state index contributed by atoms with van der Waals surface area (Å²) >= 11 is 0. The molecule has 30 heavy (non-hydrogen) atoms. The highest BCUT2D eigenvalue weighted by Gasteiger charge is 2.38. The average molecular weight is 402 g/mol. The summed E-state index contributed by atoms with van der Waals surface area (Å²) in [6, 6.07) is 12.8. The van der Waals surface area contributed by atoms with Crippen LogP contribution in [0.2, 0.25) is 0 Å². The molecule has 3 aliphatic rings. The van der Waals surface area contributed by atoms with Gasteiger partial charge in [0.2, 0.25) is 0 Å². The van der Waals surface area contributed by atoms with Crippen molar-refractivity contribution in [2.24, 2.45) is 5.41 Å². The molecule has 6 nitrogen and oxygen atoms in total. The number of aryl methyl sites for hydroxylation is 1. The van der Waals surface area contributed by atoms with E-state index in [0.29, 0.717) is 5.41 Å². The lowest BCUT2D eigenvalue weighted by Gasteiger charge is -2.38. The van der Waals surface area contributed by atoms with Crippen molar-refractivity contribution in [1.82, 2.24) is 15.0 Å². The highest BCUT2D eigenvalue weighted by atomic mass is 16.5. The summed E-state index contributed by atoms with van der Waals surface area (Å²) in [5, 5.41) is 0. The molecule has 0 saturated carbocycles. The molecule has 0 N–H and O–H groups in total. The van der Waals surface area contributed by atoms with Gasteiger partial charge in [-0.3, -0.25) is 0 Å². The van der Waals surface area contributed by atoms with Gasteiger partial charge in [-0.05, 0) is 61.3 Å². The molecule has 0 atom stereocenters. The Bertz CT molecular complexity index is 1070. The molecule has 2 aromatic heterocycles. The number of piperidine rings is 1. The summed E-state index contributed by atoms with van der Waals surface area (Å²) < 4.78 is 5.66. The maximum atomic E-state index is 5.66. The van der Waals surface area contributed by atoms with E-state index >= 15 is 0 Å². The minimum atomic E-state index is 0.405. The predicted molar refractivity (Wildman–Crippen MR) is 118 cm³/mol. The second kappa shape index (κ2) is 7.20. The predicted octanol–water partition coefficient (Wildman–Crippen LogP) is 4.12. The number of para-hydroxylation sites is 1. The van der Waals surface area contributed by atoms with Gasteiger partial charge >= 0.3 is 0 Å². The van der Waals surface area contributed by atoms with Crippen LogP contribution in [0, 0.1) is 5.41 Å². The number of ether oxygens (including phenoxy) is 1. The molecule has 3 aliphatic heterocycles. The van der Waals surface area contributed by atoms with Crippen molar-refractivity contribution in [3.63, 3.8) is 0 Å². The van der Waals surface area contributed by atoms with Gasteiger partial charge in [-0.1, -0.05) is 18.2 Å². The van der Waals surface area contributed by atoms with Crippen molar-refractivity contribution in [3.05, 3.63) is 48.2 Å².